The highest BCUT2D eigenvalue weighted by Crippen LogP contribution is 2.25. The number of fused-ring (bicyclic) bond motifs is 1. The molecule has 3 rings (SSSR count). The van der Waals surface area contributed by atoms with Crippen molar-refractivity contribution in [3.8, 4) is 11.5 Å². The van der Waals surface area contributed by atoms with Crippen molar-refractivity contribution in [2.24, 2.45) is 0 Å². The Labute approximate surface area is 134 Å². The van der Waals surface area contributed by atoms with Gasteiger partial charge in [0.05, 0.1) is 30.9 Å². The van der Waals surface area contributed by atoms with E-state index >= 15 is 0 Å². The van der Waals surface area contributed by atoms with Gasteiger partial charge in [0, 0.05) is 6.54 Å². The average Bonchev–Trinajstić information content (AvgIpc) is 2.61. The number of hydrogen-bond donors (Lipinski definition) is 0. The Bertz CT molecular complexity index is 858. The fourth-order valence-corrected chi connectivity index (χ4v) is 2.42. The summed E-state index contributed by atoms with van der Waals surface area (Å²) in [6.45, 7) is 1.06. The molecule has 0 aliphatic rings. The molecular formula is C18H18N2O3. The number of methoxy groups -OCH3 is 1. The first-order chi connectivity index (χ1) is 11.3. The topological polar surface area (TPSA) is 53.4 Å². The molecule has 0 radical (unpaired) electrons. The molecule has 23 heavy (non-hydrogen) atoms. The first-order valence-electron chi connectivity index (χ1n) is 7.49. The Kier molecular flexibility index (Phi) is 4.57. The molecule has 0 N–H and O–H groups in total. The minimum atomic E-state index is -0.0205. The standard InChI is InChI=1S/C18H18N2O3/c1-22-16-9-4-5-10-17(16)23-12-6-11-20-13-19-15-8-3-2-7-14(15)18(20)21/h2-5,7-10,13H,6,11-12H2,1H3. The second-order valence-electron chi connectivity index (χ2n) is 5.11. The summed E-state index contributed by atoms with van der Waals surface area (Å²) in [7, 11) is 1.61. The lowest BCUT2D eigenvalue weighted by Crippen LogP contribution is -2.21. The van der Waals surface area contributed by atoms with Crippen LogP contribution in [0.2, 0.25) is 0 Å². The maximum Gasteiger partial charge on any atom is 0.261 e. The first-order valence-corrected chi connectivity index (χ1v) is 7.49. The monoisotopic (exact) mass is 310 g/mol. The fourth-order valence-electron chi connectivity index (χ4n) is 2.42. The molecule has 0 bridgehead atoms. The van der Waals surface area contributed by atoms with Gasteiger partial charge in [-0.05, 0) is 30.7 Å². The number of aryl methyl sites for hydroxylation is 1. The van der Waals surface area contributed by atoms with Gasteiger partial charge in [0.1, 0.15) is 0 Å². The Morgan fingerprint density at radius 2 is 1.78 bits per heavy atom. The summed E-state index contributed by atoms with van der Waals surface area (Å²) in [5, 5.41) is 0.639. The van der Waals surface area contributed by atoms with E-state index in [1.54, 1.807) is 24.1 Å². The van der Waals surface area contributed by atoms with Crippen LogP contribution in [0, 0.1) is 0 Å². The van der Waals surface area contributed by atoms with E-state index in [2.05, 4.69) is 4.98 Å². The summed E-state index contributed by atoms with van der Waals surface area (Å²) < 4.78 is 12.6. The van der Waals surface area contributed by atoms with E-state index in [-0.39, 0.29) is 5.56 Å². The lowest BCUT2D eigenvalue weighted by molar-refractivity contribution is 0.282. The van der Waals surface area contributed by atoms with Gasteiger partial charge in [-0.2, -0.15) is 0 Å². The van der Waals surface area contributed by atoms with Gasteiger partial charge >= 0.3 is 0 Å². The van der Waals surface area contributed by atoms with Crippen LogP contribution in [0.4, 0.5) is 0 Å². The van der Waals surface area contributed by atoms with Gasteiger partial charge in [-0.15, -0.1) is 0 Å². The van der Waals surface area contributed by atoms with Gasteiger partial charge in [0.25, 0.3) is 5.56 Å². The highest BCUT2D eigenvalue weighted by molar-refractivity contribution is 5.76. The summed E-state index contributed by atoms with van der Waals surface area (Å²) in [6.07, 6.45) is 2.30. The molecular weight excluding hydrogens is 292 g/mol. The molecule has 0 saturated heterocycles. The molecule has 1 heterocycles. The summed E-state index contributed by atoms with van der Waals surface area (Å²) >= 11 is 0. The van der Waals surface area contributed by atoms with E-state index < -0.39 is 0 Å². The van der Waals surface area contributed by atoms with Crippen molar-refractivity contribution < 1.29 is 9.47 Å². The highest BCUT2D eigenvalue weighted by Gasteiger charge is 2.04. The van der Waals surface area contributed by atoms with Crippen LogP contribution in [0.3, 0.4) is 0 Å². The quantitative estimate of drug-likeness (QED) is 0.657. The van der Waals surface area contributed by atoms with Crippen molar-refractivity contribution in [3.63, 3.8) is 0 Å². The summed E-state index contributed by atoms with van der Waals surface area (Å²) in [6, 6.07) is 14.9. The van der Waals surface area contributed by atoms with Crippen molar-refractivity contribution in [2.75, 3.05) is 13.7 Å². The largest absolute Gasteiger partial charge is 0.493 e. The van der Waals surface area contributed by atoms with Gasteiger partial charge in [-0.1, -0.05) is 24.3 Å². The van der Waals surface area contributed by atoms with Crippen molar-refractivity contribution in [3.05, 3.63) is 65.2 Å². The van der Waals surface area contributed by atoms with E-state index in [0.29, 0.717) is 36.5 Å². The van der Waals surface area contributed by atoms with Crippen LogP contribution in [0.15, 0.2) is 59.7 Å². The van der Waals surface area contributed by atoms with Gasteiger partial charge in [0.2, 0.25) is 0 Å². The van der Waals surface area contributed by atoms with E-state index in [1.807, 2.05) is 42.5 Å². The van der Waals surface area contributed by atoms with Crippen LogP contribution in [0.5, 0.6) is 11.5 Å². The van der Waals surface area contributed by atoms with E-state index in [9.17, 15) is 4.79 Å². The van der Waals surface area contributed by atoms with Crippen molar-refractivity contribution in [2.45, 2.75) is 13.0 Å². The van der Waals surface area contributed by atoms with Crippen LogP contribution in [0.25, 0.3) is 10.9 Å². The predicted octanol–water partition coefficient (Wildman–Crippen LogP) is 2.87. The van der Waals surface area contributed by atoms with Crippen LogP contribution in [0.1, 0.15) is 6.42 Å². The first kappa shape index (κ1) is 15.1. The van der Waals surface area contributed by atoms with E-state index in [1.165, 1.54) is 0 Å². The molecule has 0 saturated carbocycles. The molecule has 5 heteroatoms. The number of aromatic nitrogens is 2. The molecule has 0 spiro atoms. The van der Waals surface area contributed by atoms with Crippen LogP contribution in [-0.2, 0) is 6.54 Å². The zero-order valence-corrected chi connectivity index (χ0v) is 12.9. The predicted molar refractivity (Wildman–Crippen MR) is 89.1 cm³/mol. The Hall–Kier alpha value is -2.82. The van der Waals surface area contributed by atoms with Crippen molar-refractivity contribution in [1.29, 1.82) is 0 Å². The lowest BCUT2D eigenvalue weighted by Gasteiger charge is -2.11. The number of benzene rings is 2. The summed E-state index contributed by atoms with van der Waals surface area (Å²) in [4.78, 5) is 16.7. The normalized spacial score (nSPS) is 10.7. The van der Waals surface area contributed by atoms with Gasteiger partial charge in [0.15, 0.2) is 11.5 Å². The average molecular weight is 310 g/mol. The fraction of sp³-hybridized carbons (Fsp3) is 0.222. The molecule has 118 valence electrons. The maximum atomic E-state index is 12.4. The molecule has 0 amide bonds. The minimum absolute atomic E-state index is 0.0205. The van der Waals surface area contributed by atoms with Gasteiger partial charge in [-0.25, -0.2) is 4.98 Å². The maximum absolute atomic E-state index is 12.4. The number of para-hydroxylation sites is 3. The van der Waals surface area contributed by atoms with E-state index in [4.69, 9.17) is 9.47 Å². The second kappa shape index (κ2) is 6.96. The highest BCUT2D eigenvalue weighted by atomic mass is 16.5. The SMILES string of the molecule is COc1ccccc1OCCCn1cnc2ccccc2c1=O. The van der Waals surface area contributed by atoms with Crippen LogP contribution in [-0.4, -0.2) is 23.3 Å². The zero-order valence-electron chi connectivity index (χ0n) is 12.9. The molecule has 0 aliphatic heterocycles. The van der Waals surface area contributed by atoms with Gasteiger partial charge in [-0.3, -0.25) is 9.36 Å². The molecule has 0 unspecified atom stereocenters. The third-order valence-electron chi connectivity index (χ3n) is 3.60. The van der Waals surface area contributed by atoms with E-state index in [0.717, 1.165) is 5.52 Å². The molecule has 5 nitrogen and oxygen atoms in total. The van der Waals surface area contributed by atoms with Crippen molar-refractivity contribution in [1.82, 2.24) is 9.55 Å². The molecule has 0 atom stereocenters. The molecule has 2 aromatic carbocycles. The number of ether oxygens (including phenoxy) is 2. The summed E-state index contributed by atoms with van der Waals surface area (Å²) in [5.74, 6) is 1.41. The number of rotatable bonds is 6. The van der Waals surface area contributed by atoms with Crippen molar-refractivity contribution >= 4 is 10.9 Å². The third-order valence-corrected chi connectivity index (χ3v) is 3.60. The van der Waals surface area contributed by atoms with Gasteiger partial charge < -0.3 is 9.47 Å². The zero-order chi connectivity index (χ0) is 16.1. The Balaban J connectivity index is 1.63. The molecule has 0 aliphatic carbocycles. The van der Waals surface area contributed by atoms with Crippen LogP contribution < -0.4 is 15.0 Å². The number of hydrogen-bond acceptors (Lipinski definition) is 4. The Morgan fingerprint density at radius 1 is 1.04 bits per heavy atom. The number of nitrogens with zero attached hydrogens (tertiary/aromatic N) is 2. The minimum Gasteiger partial charge on any atom is -0.493 e. The summed E-state index contributed by atoms with van der Waals surface area (Å²) in [5.41, 5.74) is 0.701. The Morgan fingerprint density at radius 3 is 2.61 bits per heavy atom. The lowest BCUT2D eigenvalue weighted by atomic mass is 10.2. The smallest absolute Gasteiger partial charge is 0.261 e. The molecule has 1 aromatic heterocycles. The molecule has 3 aromatic rings. The molecule has 0 fully saturated rings. The van der Waals surface area contributed by atoms with Crippen LogP contribution >= 0.6 is 0 Å². The second-order valence-corrected chi connectivity index (χ2v) is 5.11. The third kappa shape index (κ3) is 3.34.